The third-order valence-electron chi connectivity index (χ3n) is 6.90. The van der Waals surface area contributed by atoms with Crippen molar-refractivity contribution >= 4 is 17.3 Å². The Morgan fingerprint density at radius 1 is 1.17 bits per heavy atom. The van der Waals surface area contributed by atoms with E-state index in [0.29, 0.717) is 5.92 Å². The number of carbonyl (C=O) groups is 1. The fourth-order valence-electron chi connectivity index (χ4n) is 5.12. The summed E-state index contributed by atoms with van der Waals surface area (Å²) >= 11 is 1.64. The Kier molecular flexibility index (Phi) is 8.75. The highest BCUT2D eigenvalue weighted by Gasteiger charge is 2.24. The van der Waals surface area contributed by atoms with Crippen LogP contribution in [0.4, 0.5) is 0 Å². The summed E-state index contributed by atoms with van der Waals surface area (Å²) in [6, 6.07) is 12.8. The van der Waals surface area contributed by atoms with Gasteiger partial charge in [-0.05, 0) is 107 Å². The molecule has 6 nitrogen and oxygen atoms in total. The Morgan fingerprint density at radius 3 is 2.58 bits per heavy atom. The van der Waals surface area contributed by atoms with Gasteiger partial charge in [0.15, 0.2) is 0 Å². The van der Waals surface area contributed by atoms with E-state index in [1.54, 1.807) is 11.3 Å². The highest BCUT2D eigenvalue weighted by atomic mass is 32.1. The van der Waals surface area contributed by atoms with Gasteiger partial charge in [-0.2, -0.15) is 0 Å². The van der Waals surface area contributed by atoms with Crippen LogP contribution in [0.25, 0.3) is 21.1 Å². The fourth-order valence-corrected chi connectivity index (χ4v) is 6.01. The second-order valence-corrected chi connectivity index (χ2v) is 10.9. The van der Waals surface area contributed by atoms with Crippen LogP contribution in [0.2, 0.25) is 0 Å². The van der Waals surface area contributed by atoms with E-state index in [2.05, 4.69) is 59.3 Å². The van der Waals surface area contributed by atoms with Crippen LogP contribution in [0, 0.1) is 6.92 Å². The minimum absolute atomic E-state index is 0.145. The average molecular weight is 508 g/mol. The minimum Gasteiger partial charge on any atom is -0.491 e. The van der Waals surface area contributed by atoms with E-state index in [-0.39, 0.29) is 12.5 Å². The van der Waals surface area contributed by atoms with Crippen LogP contribution in [0.1, 0.15) is 69.1 Å². The molecule has 1 aliphatic rings. The van der Waals surface area contributed by atoms with E-state index in [4.69, 9.17) is 9.84 Å². The molecule has 0 radical (unpaired) electrons. The maximum atomic E-state index is 10.8. The number of aliphatic carboxylic acids is 1. The summed E-state index contributed by atoms with van der Waals surface area (Å²) in [7, 11) is 0. The van der Waals surface area contributed by atoms with Crippen LogP contribution in [0.3, 0.4) is 0 Å². The van der Waals surface area contributed by atoms with Crippen molar-refractivity contribution in [1.29, 1.82) is 0 Å². The molecule has 4 rings (SSSR count). The molecule has 7 heteroatoms. The van der Waals surface area contributed by atoms with Crippen molar-refractivity contribution in [1.82, 2.24) is 15.1 Å². The predicted octanol–water partition coefficient (Wildman–Crippen LogP) is 6.57. The van der Waals surface area contributed by atoms with Crippen LogP contribution in [0.15, 0.2) is 36.4 Å². The van der Waals surface area contributed by atoms with Crippen molar-refractivity contribution in [2.45, 2.75) is 71.8 Å². The molecule has 0 saturated carbocycles. The third kappa shape index (κ3) is 6.31. The number of rotatable bonds is 10. The summed E-state index contributed by atoms with van der Waals surface area (Å²) in [5, 5.41) is 19.9. The van der Waals surface area contributed by atoms with Crippen molar-refractivity contribution in [3.63, 3.8) is 0 Å². The number of ether oxygens (including phenoxy) is 1. The van der Waals surface area contributed by atoms with Gasteiger partial charge in [-0.1, -0.05) is 36.5 Å². The van der Waals surface area contributed by atoms with Gasteiger partial charge in [-0.25, -0.2) is 0 Å². The zero-order valence-electron chi connectivity index (χ0n) is 21.8. The Labute approximate surface area is 218 Å². The first-order chi connectivity index (χ1) is 17.4. The molecule has 1 aromatic heterocycles. The molecule has 36 heavy (non-hydrogen) atoms. The molecule has 1 N–H and O–H groups in total. The number of benzene rings is 2. The van der Waals surface area contributed by atoms with Crippen molar-refractivity contribution in [2.24, 2.45) is 0 Å². The highest BCUT2D eigenvalue weighted by molar-refractivity contribution is 7.17. The van der Waals surface area contributed by atoms with Gasteiger partial charge < -0.3 is 14.7 Å². The van der Waals surface area contributed by atoms with Crippen molar-refractivity contribution in [3.05, 3.63) is 53.1 Å². The maximum absolute atomic E-state index is 10.8. The van der Waals surface area contributed by atoms with Gasteiger partial charge in [0.25, 0.3) is 0 Å². The van der Waals surface area contributed by atoms with E-state index < -0.39 is 5.97 Å². The molecule has 0 aliphatic carbocycles. The molecule has 192 valence electrons. The molecule has 1 fully saturated rings. The predicted molar refractivity (Wildman–Crippen MR) is 146 cm³/mol. The lowest BCUT2D eigenvalue weighted by molar-refractivity contribution is -0.137. The average Bonchev–Trinajstić information content (AvgIpc) is 3.35. The number of likely N-dealkylation sites (tertiary alicyclic amines) is 1. The van der Waals surface area contributed by atoms with Crippen LogP contribution < -0.4 is 4.74 Å². The molecule has 1 saturated heterocycles. The molecule has 3 aromatic rings. The van der Waals surface area contributed by atoms with Gasteiger partial charge in [0.05, 0.1) is 6.10 Å². The molecular formula is C29H37N3O3S. The van der Waals surface area contributed by atoms with Gasteiger partial charge in [0.1, 0.15) is 15.8 Å². The first kappa shape index (κ1) is 26.3. The summed E-state index contributed by atoms with van der Waals surface area (Å²) < 4.78 is 5.89. The molecule has 0 bridgehead atoms. The number of aromatic nitrogens is 2. The zero-order chi connectivity index (χ0) is 25.7. The lowest BCUT2D eigenvalue weighted by atomic mass is 9.84. The Balaban J connectivity index is 1.50. The van der Waals surface area contributed by atoms with E-state index in [9.17, 15) is 4.79 Å². The molecule has 0 spiro atoms. The van der Waals surface area contributed by atoms with E-state index >= 15 is 0 Å². The number of piperidine rings is 1. The fraction of sp³-hybridized carbons (Fsp3) is 0.483. The zero-order valence-corrected chi connectivity index (χ0v) is 22.6. The second-order valence-electron chi connectivity index (χ2n) is 9.90. The molecular weight excluding hydrogens is 470 g/mol. The quantitative estimate of drug-likeness (QED) is 0.334. The standard InChI is InChI=1S/C29H37N3O3S/c1-5-23-24(21-13-16-32(17-14-21)15-7-10-27(33)34)8-6-9-25(23)29-31-30-28(36-29)22-11-12-26(20(4)18-22)35-19(2)3/h6,8-9,11-12,18-19,21H,5,7,10,13-17H2,1-4H3,(H,33,34). The van der Waals surface area contributed by atoms with Crippen molar-refractivity contribution in [3.8, 4) is 26.9 Å². The number of aryl methyl sites for hydroxylation is 1. The summed E-state index contributed by atoms with van der Waals surface area (Å²) in [5.74, 6) is 0.730. The summed E-state index contributed by atoms with van der Waals surface area (Å²) in [4.78, 5) is 13.2. The molecule has 0 unspecified atom stereocenters. The monoisotopic (exact) mass is 507 g/mol. The van der Waals surface area contributed by atoms with Gasteiger partial charge in [0.2, 0.25) is 0 Å². The Morgan fingerprint density at radius 2 is 1.92 bits per heavy atom. The van der Waals surface area contributed by atoms with Crippen LogP contribution in [0.5, 0.6) is 5.75 Å². The van der Waals surface area contributed by atoms with Crippen molar-refractivity contribution in [2.75, 3.05) is 19.6 Å². The van der Waals surface area contributed by atoms with Gasteiger partial charge in [-0.15, -0.1) is 10.2 Å². The summed E-state index contributed by atoms with van der Waals surface area (Å²) in [6.45, 7) is 11.3. The van der Waals surface area contributed by atoms with Gasteiger partial charge in [0, 0.05) is 17.5 Å². The first-order valence-corrected chi connectivity index (χ1v) is 13.8. The van der Waals surface area contributed by atoms with E-state index in [0.717, 1.165) is 72.2 Å². The maximum Gasteiger partial charge on any atom is 0.303 e. The number of hydrogen-bond donors (Lipinski definition) is 1. The largest absolute Gasteiger partial charge is 0.491 e. The summed E-state index contributed by atoms with van der Waals surface area (Å²) in [6.07, 6.45) is 4.29. The molecule has 2 heterocycles. The third-order valence-corrected chi connectivity index (χ3v) is 7.90. The van der Waals surface area contributed by atoms with Gasteiger partial charge >= 0.3 is 5.97 Å². The molecule has 1 aliphatic heterocycles. The van der Waals surface area contributed by atoms with Crippen LogP contribution in [-0.2, 0) is 11.2 Å². The topological polar surface area (TPSA) is 75.6 Å². The van der Waals surface area contributed by atoms with Crippen LogP contribution >= 0.6 is 11.3 Å². The number of carboxylic acids is 1. The van der Waals surface area contributed by atoms with E-state index in [1.165, 1.54) is 16.7 Å². The van der Waals surface area contributed by atoms with E-state index in [1.807, 2.05) is 19.9 Å². The van der Waals surface area contributed by atoms with Gasteiger partial charge in [-0.3, -0.25) is 4.79 Å². The van der Waals surface area contributed by atoms with Crippen molar-refractivity contribution < 1.29 is 14.6 Å². The molecule has 0 amide bonds. The Hall–Kier alpha value is -2.77. The number of nitrogens with zero attached hydrogens (tertiary/aromatic N) is 3. The lowest BCUT2D eigenvalue weighted by Crippen LogP contribution is -2.34. The Bertz CT molecular complexity index is 1180. The summed E-state index contributed by atoms with van der Waals surface area (Å²) in [5.41, 5.74) is 6.17. The second kappa shape index (κ2) is 12.0. The smallest absolute Gasteiger partial charge is 0.303 e. The highest BCUT2D eigenvalue weighted by Crippen LogP contribution is 2.38. The SMILES string of the molecule is CCc1c(-c2nnc(-c3ccc(OC(C)C)c(C)c3)s2)cccc1C1CCN(CCCC(=O)O)CC1. The number of hydrogen-bond acceptors (Lipinski definition) is 6. The molecule has 2 aromatic carbocycles. The van der Waals surface area contributed by atoms with Crippen LogP contribution in [-0.4, -0.2) is 51.9 Å². The first-order valence-electron chi connectivity index (χ1n) is 13.0. The number of carboxylic acid groups (broad SMARTS) is 1. The lowest BCUT2D eigenvalue weighted by Gasteiger charge is -2.33. The normalized spacial score (nSPS) is 14.9. The minimum atomic E-state index is -0.707. The molecule has 0 atom stereocenters.